The van der Waals surface area contributed by atoms with E-state index in [0.29, 0.717) is 5.56 Å². The molecule has 90 valence electrons. The van der Waals surface area contributed by atoms with E-state index >= 15 is 0 Å². The fourth-order valence-corrected chi connectivity index (χ4v) is 1.69. The molecule has 8 heteroatoms. The molecule has 16 heavy (non-hydrogen) atoms. The Morgan fingerprint density at radius 2 is 2.12 bits per heavy atom. The monoisotopic (exact) mass is 348 g/mol. The summed E-state index contributed by atoms with van der Waals surface area (Å²) in [6.07, 6.45) is -3.50. The molecule has 3 N–H and O–H groups in total. The number of halogens is 4. The number of rotatable bonds is 3. The third-order valence-electron chi connectivity index (χ3n) is 1.78. The lowest BCUT2D eigenvalue weighted by molar-refractivity contribution is -0.275. The number of aliphatic hydroxyl groups is 1. The van der Waals surface area contributed by atoms with Crippen LogP contribution in [-0.2, 0) is 13.2 Å². The Bertz CT molecular complexity index is 384. The van der Waals surface area contributed by atoms with E-state index in [9.17, 15) is 13.2 Å². The summed E-state index contributed by atoms with van der Waals surface area (Å²) in [5, 5.41) is 9.02. The predicted octanol–water partition coefficient (Wildman–Crippen LogP) is 1.54. The summed E-state index contributed by atoms with van der Waals surface area (Å²) >= 11 is 1.59. The van der Waals surface area contributed by atoms with Gasteiger partial charge in [0.2, 0.25) is 0 Å². The minimum absolute atomic E-state index is 0.0132. The number of hydrogen-bond acceptors (Lipinski definition) is 4. The highest BCUT2D eigenvalue weighted by molar-refractivity contribution is 14.1. The van der Waals surface area contributed by atoms with E-state index in [-0.39, 0.29) is 15.8 Å². The summed E-state index contributed by atoms with van der Waals surface area (Å²) in [6.45, 7) is -0.607. The highest BCUT2D eigenvalue weighted by atomic mass is 127. The average Bonchev–Trinajstić information content (AvgIpc) is 2.19. The molecule has 0 radical (unpaired) electrons. The average molecular weight is 348 g/mol. The van der Waals surface area contributed by atoms with Crippen molar-refractivity contribution in [1.82, 2.24) is 4.98 Å². The van der Waals surface area contributed by atoms with Crippen molar-refractivity contribution in [2.24, 2.45) is 5.73 Å². The van der Waals surface area contributed by atoms with Gasteiger partial charge in [-0.2, -0.15) is 0 Å². The van der Waals surface area contributed by atoms with Crippen LogP contribution in [0.2, 0.25) is 0 Å². The van der Waals surface area contributed by atoms with Gasteiger partial charge in [-0.25, -0.2) is 4.98 Å². The number of nitrogens with zero attached hydrogens (tertiary/aromatic N) is 1. The van der Waals surface area contributed by atoms with E-state index in [1.54, 1.807) is 22.6 Å². The summed E-state index contributed by atoms with van der Waals surface area (Å²) in [7, 11) is 0. The van der Waals surface area contributed by atoms with Crippen LogP contribution in [-0.4, -0.2) is 16.5 Å². The third kappa shape index (κ3) is 3.19. The van der Waals surface area contributed by atoms with E-state index in [2.05, 4.69) is 9.72 Å². The molecule has 1 aromatic rings. The Kier molecular flexibility index (Phi) is 4.33. The van der Waals surface area contributed by atoms with Gasteiger partial charge in [-0.05, 0) is 28.2 Å². The SMILES string of the molecule is NCc1cnc(I)c(OC(F)(F)F)c1CO. The first-order valence-corrected chi connectivity index (χ1v) is 5.19. The van der Waals surface area contributed by atoms with Gasteiger partial charge in [0.15, 0.2) is 5.75 Å². The van der Waals surface area contributed by atoms with Crippen LogP contribution in [0.5, 0.6) is 5.75 Å². The van der Waals surface area contributed by atoms with Crippen molar-refractivity contribution in [3.63, 3.8) is 0 Å². The summed E-state index contributed by atoms with van der Waals surface area (Å²) in [5.41, 5.74) is 5.65. The molecular formula is C8H8F3IN2O2. The van der Waals surface area contributed by atoms with Crippen molar-refractivity contribution in [2.45, 2.75) is 19.5 Å². The van der Waals surface area contributed by atoms with Gasteiger partial charge < -0.3 is 15.6 Å². The zero-order valence-corrected chi connectivity index (χ0v) is 10.0. The maximum absolute atomic E-state index is 12.1. The highest BCUT2D eigenvalue weighted by Crippen LogP contribution is 2.31. The van der Waals surface area contributed by atoms with Crippen LogP contribution in [0.4, 0.5) is 13.2 Å². The van der Waals surface area contributed by atoms with Gasteiger partial charge in [-0.3, -0.25) is 0 Å². The molecule has 0 spiro atoms. The van der Waals surface area contributed by atoms with Crippen LogP contribution >= 0.6 is 22.6 Å². The molecular weight excluding hydrogens is 340 g/mol. The Labute approximate surface area is 103 Å². The Hall–Kier alpha value is -0.610. The fourth-order valence-electron chi connectivity index (χ4n) is 1.11. The maximum Gasteiger partial charge on any atom is 0.573 e. The van der Waals surface area contributed by atoms with Crippen LogP contribution in [0, 0.1) is 3.70 Å². The number of aromatic nitrogens is 1. The Morgan fingerprint density at radius 3 is 2.56 bits per heavy atom. The van der Waals surface area contributed by atoms with E-state index in [0.717, 1.165) is 0 Å². The zero-order chi connectivity index (χ0) is 12.3. The predicted molar refractivity (Wildman–Crippen MR) is 57.5 cm³/mol. The zero-order valence-electron chi connectivity index (χ0n) is 7.88. The van der Waals surface area contributed by atoms with Crippen molar-refractivity contribution >= 4 is 22.6 Å². The summed E-state index contributed by atoms with van der Waals surface area (Å²) < 4.78 is 40.2. The first kappa shape index (κ1) is 13.5. The number of alkyl halides is 3. The molecule has 0 saturated carbocycles. The topological polar surface area (TPSA) is 68.4 Å². The van der Waals surface area contributed by atoms with Crippen LogP contribution in [0.3, 0.4) is 0 Å². The van der Waals surface area contributed by atoms with Gasteiger partial charge in [-0.15, -0.1) is 13.2 Å². The third-order valence-corrected chi connectivity index (χ3v) is 2.55. The van der Waals surface area contributed by atoms with Gasteiger partial charge >= 0.3 is 6.36 Å². The second-order valence-electron chi connectivity index (χ2n) is 2.79. The van der Waals surface area contributed by atoms with Crippen molar-refractivity contribution in [1.29, 1.82) is 0 Å². The molecule has 0 unspecified atom stereocenters. The Morgan fingerprint density at radius 1 is 1.50 bits per heavy atom. The van der Waals surface area contributed by atoms with Crippen molar-refractivity contribution < 1.29 is 23.0 Å². The lowest BCUT2D eigenvalue weighted by Gasteiger charge is -2.15. The number of hydrogen-bond donors (Lipinski definition) is 2. The molecule has 0 aliphatic heterocycles. The van der Waals surface area contributed by atoms with E-state index in [1.165, 1.54) is 6.20 Å². The fraction of sp³-hybridized carbons (Fsp3) is 0.375. The van der Waals surface area contributed by atoms with Crippen molar-refractivity contribution in [2.75, 3.05) is 0 Å². The molecule has 1 rings (SSSR count). The summed E-state index contributed by atoms with van der Waals surface area (Å²) in [5.74, 6) is -0.487. The minimum atomic E-state index is -4.82. The standard InChI is InChI=1S/C8H8F3IN2O2/c9-8(10,11)16-6-5(3-15)4(1-13)2-14-7(6)12/h2,15H,1,3,13H2. The molecule has 0 amide bonds. The highest BCUT2D eigenvalue weighted by Gasteiger charge is 2.33. The van der Waals surface area contributed by atoms with Crippen LogP contribution in [0.1, 0.15) is 11.1 Å². The second-order valence-corrected chi connectivity index (χ2v) is 3.81. The molecule has 0 aliphatic carbocycles. The molecule has 0 saturated heterocycles. The maximum atomic E-state index is 12.1. The summed E-state index contributed by atoms with van der Waals surface area (Å²) in [4.78, 5) is 3.71. The molecule has 0 aromatic carbocycles. The van der Waals surface area contributed by atoms with Gasteiger partial charge in [0.1, 0.15) is 3.70 Å². The quantitative estimate of drug-likeness (QED) is 0.642. The number of pyridine rings is 1. The van der Waals surface area contributed by atoms with Gasteiger partial charge in [0.25, 0.3) is 0 Å². The van der Waals surface area contributed by atoms with Crippen LogP contribution < -0.4 is 10.5 Å². The van der Waals surface area contributed by atoms with Crippen LogP contribution in [0.15, 0.2) is 6.20 Å². The first-order chi connectivity index (χ1) is 7.39. The van der Waals surface area contributed by atoms with Crippen molar-refractivity contribution in [3.8, 4) is 5.75 Å². The van der Waals surface area contributed by atoms with Crippen molar-refractivity contribution in [3.05, 3.63) is 21.0 Å². The van der Waals surface area contributed by atoms with Gasteiger partial charge in [0, 0.05) is 18.3 Å². The van der Waals surface area contributed by atoms with Gasteiger partial charge in [-0.1, -0.05) is 0 Å². The Balaban J connectivity index is 3.23. The first-order valence-electron chi connectivity index (χ1n) is 4.12. The lowest BCUT2D eigenvalue weighted by Crippen LogP contribution is -2.20. The van der Waals surface area contributed by atoms with Gasteiger partial charge in [0.05, 0.1) is 6.61 Å². The smallest absolute Gasteiger partial charge is 0.403 e. The molecule has 1 aromatic heterocycles. The molecule has 0 aliphatic rings. The molecule has 0 bridgehead atoms. The van der Waals surface area contributed by atoms with E-state index in [1.807, 2.05) is 0 Å². The molecule has 0 atom stereocenters. The number of nitrogens with two attached hydrogens (primary N) is 1. The number of aliphatic hydroxyl groups excluding tert-OH is 1. The normalized spacial score (nSPS) is 11.6. The second kappa shape index (κ2) is 5.15. The minimum Gasteiger partial charge on any atom is -0.403 e. The molecule has 0 fully saturated rings. The largest absolute Gasteiger partial charge is 0.573 e. The van der Waals surface area contributed by atoms with E-state index in [4.69, 9.17) is 10.8 Å². The molecule has 4 nitrogen and oxygen atoms in total. The molecule has 1 heterocycles. The van der Waals surface area contributed by atoms with Crippen LogP contribution in [0.25, 0.3) is 0 Å². The lowest BCUT2D eigenvalue weighted by atomic mass is 10.1. The summed E-state index contributed by atoms with van der Waals surface area (Å²) in [6, 6.07) is 0. The van der Waals surface area contributed by atoms with E-state index < -0.39 is 18.7 Å². The number of ether oxygens (including phenoxy) is 1.